The van der Waals surface area contributed by atoms with E-state index in [0.717, 1.165) is 27.5 Å². The summed E-state index contributed by atoms with van der Waals surface area (Å²) in [7, 11) is 1.88. The molecule has 6 aromatic rings. The minimum absolute atomic E-state index is 0.219. The molecule has 0 unspecified atom stereocenters. The van der Waals surface area contributed by atoms with Gasteiger partial charge in [0, 0.05) is 37.6 Å². The Labute approximate surface area is 251 Å². The van der Waals surface area contributed by atoms with Crippen molar-refractivity contribution < 1.29 is 18.6 Å². The van der Waals surface area contributed by atoms with E-state index in [2.05, 4.69) is 6.07 Å². The largest absolute Gasteiger partial charge is 0.454 e. The standard InChI is InChI=1S/C38H33N2O/c1-23-11-15-30-31-16-14-28(21-39)35(26-12-13-27-19-38(3,4)20-29(27)18-26)37(31)41-36(30)34(23)33-17-24(2)32(22-40(33)5)25-9-7-6-8-10-25/h6-18,22H,19-20H2,1-5H3/q+1/i2D3,19D2,20D2. The molecule has 2 aromatic heterocycles. The number of fused-ring (bicyclic) bond motifs is 4. The van der Waals surface area contributed by atoms with E-state index in [1.165, 1.54) is 0 Å². The maximum atomic E-state index is 10.2. The summed E-state index contributed by atoms with van der Waals surface area (Å²) in [6.45, 7) is 2.76. The van der Waals surface area contributed by atoms with Crippen molar-refractivity contribution >= 4 is 21.9 Å². The molecule has 0 saturated heterocycles. The van der Waals surface area contributed by atoms with Crippen molar-refractivity contribution in [3.05, 3.63) is 113 Å². The first kappa shape index (κ1) is 18.6. The third kappa shape index (κ3) is 4.06. The summed E-state index contributed by atoms with van der Waals surface area (Å²) < 4.78 is 69.3. The van der Waals surface area contributed by atoms with E-state index in [1.807, 2.05) is 73.3 Å². The lowest BCUT2D eigenvalue weighted by molar-refractivity contribution is -0.659. The van der Waals surface area contributed by atoms with Crippen LogP contribution in [0.5, 0.6) is 0 Å². The monoisotopic (exact) mass is 540 g/mol. The molecule has 2 heterocycles. The topological polar surface area (TPSA) is 40.8 Å². The first-order chi connectivity index (χ1) is 22.5. The fraction of sp³-hybridized carbons (Fsp3) is 0.211. The quantitative estimate of drug-likeness (QED) is 0.210. The van der Waals surface area contributed by atoms with E-state index in [-0.39, 0.29) is 11.1 Å². The number of nitriles is 1. The summed E-state index contributed by atoms with van der Waals surface area (Å²) in [6, 6.07) is 25.9. The molecular formula is C38H33N2O+. The van der Waals surface area contributed by atoms with Gasteiger partial charge in [-0.25, -0.2) is 4.57 Å². The van der Waals surface area contributed by atoms with Crippen LogP contribution in [0, 0.1) is 30.5 Å². The molecule has 3 nitrogen and oxygen atoms in total. The maximum Gasteiger partial charge on any atom is 0.216 e. The Morgan fingerprint density at radius 1 is 0.854 bits per heavy atom. The molecule has 0 bridgehead atoms. The number of nitrogens with zero attached hydrogens (tertiary/aromatic N) is 2. The van der Waals surface area contributed by atoms with E-state index in [9.17, 15) is 5.26 Å². The van der Waals surface area contributed by atoms with Crippen LogP contribution < -0.4 is 4.57 Å². The van der Waals surface area contributed by atoms with Crippen molar-refractivity contribution in [2.24, 2.45) is 12.5 Å². The summed E-state index contributed by atoms with van der Waals surface area (Å²) in [5.74, 6) is 0. The lowest BCUT2D eigenvalue weighted by Crippen LogP contribution is -2.31. The Hall–Kier alpha value is -4.68. The normalized spacial score (nSPS) is 19.2. The van der Waals surface area contributed by atoms with Crippen LogP contribution in [-0.2, 0) is 19.8 Å². The number of aryl methyl sites for hydroxylation is 3. The van der Waals surface area contributed by atoms with Gasteiger partial charge in [0.05, 0.1) is 17.2 Å². The lowest BCUT2D eigenvalue weighted by atomic mass is 9.90. The van der Waals surface area contributed by atoms with Crippen LogP contribution in [0.4, 0.5) is 0 Å². The minimum Gasteiger partial charge on any atom is -0.454 e. The molecule has 0 spiro atoms. The predicted octanol–water partition coefficient (Wildman–Crippen LogP) is 9.02. The highest BCUT2D eigenvalue weighted by molar-refractivity contribution is 6.14. The summed E-state index contributed by atoms with van der Waals surface area (Å²) in [5, 5.41) is 11.8. The first-order valence-electron chi connectivity index (χ1n) is 17.1. The Morgan fingerprint density at radius 2 is 1.59 bits per heavy atom. The molecule has 1 aliphatic rings. The van der Waals surface area contributed by atoms with Crippen LogP contribution >= 0.6 is 0 Å². The van der Waals surface area contributed by atoms with Gasteiger partial charge in [-0.2, -0.15) is 5.26 Å². The molecular weight excluding hydrogens is 500 g/mol. The van der Waals surface area contributed by atoms with E-state index in [1.54, 1.807) is 44.2 Å². The average molecular weight is 541 g/mol. The highest BCUT2D eigenvalue weighted by Crippen LogP contribution is 2.44. The van der Waals surface area contributed by atoms with Crippen LogP contribution in [0.2, 0.25) is 0 Å². The zero-order valence-electron chi connectivity index (χ0n) is 30.4. The maximum absolute atomic E-state index is 10.2. The van der Waals surface area contributed by atoms with E-state index in [0.29, 0.717) is 44.7 Å². The van der Waals surface area contributed by atoms with Gasteiger partial charge in [0.2, 0.25) is 5.69 Å². The van der Waals surface area contributed by atoms with E-state index in [4.69, 9.17) is 14.0 Å². The molecule has 7 rings (SSSR count). The number of furan rings is 1. The molecule has 0 fully saturated rings. The summed E-state index contributed by atoms with van der Waals surface area (Å²) in [5.41, 5.74) is 5.46. The zero-order chi connectivity index (χ0) is 34.6. The lowest BCUT2D eigenvalue weighted by Gasteiger charge is -2.14. The molecule has 200 valence electrons. The van der Waals surface area contributed by atoms with Crippen molar-refractivity contribution in [1.82, 2.24) is 0 Å². The number of pyridine rings is 1. The van der Waals surface area contributed by atoms with Crippen molar-refractivity contribution in [3.8, 4) is 39.6 Å². The first-order valence-corrected chi connectivity index (χ1v) is 13.6. The second-order valence-corrected chi connectivity index (χ2v) is 11.3. The molecule has 0 aliphatic heterocycles. The molecule has 0 atom stereocenters. The van der Waals surface area contributed by atoms with Crippen LogP contribution in [0.15, 0.2) is 89.5 Å². The van der Waals surface area contributed by atoms with Crippen LogP contribution in [0.25, 0.3) is 55.4 Å². The minimum atomic E-state index is -2.39. The fourth-order valence-corrected chi connectivity index (χ4v) is 6.06. The smallest absolute Gasteiger partial charge is 0.216 e. The van der Waals surface area contributed by atoms with Crippen molar-refractivity contribution in [2.45, 2.75) is 40.4 Å². The second-order valence-electron chi connectivity index (χ2n) is 11.3. The van der Waals surface area contributed by atoms with Gasteiger partial charge in [-0.3, -0.25) is 0 Å². The number of hydrogen-bond acceptors (Lipinski definition) is 2. The highest BCUT2D eigenvalue weighted by atomic mass is 16.3. The Kier molecular flexibility index (Phi) is 4.17. The van der Waals surface area contributed by atoms with Gasteiger partial charge in [-0.05, 0) is 77.4 Å². The van der Waals surface area contributed by atoms with Crippen molar-refractivity contribution in [2.75, 3.05) is 0 Å². The van der Waals surface area contributed by atoms with Gasteiger partial charge in [-0.15, -0.1) is 0 Å². The van der Waals surface area contributed by atoms with Crippen molar-refractivity contribution in [3.63, 3.8) is 0 Å². The molecule has 41 heavy (non-hydrogen) atoms. The Bertz CT molecular complexity index is 2350. The third-order valence-corrected chi connectivity index (χ3v) is 7.96. The van der Waals surface area contributed by atoms with Gasteiger partial charge in [0.1, 0.15) is 18.2 Å². The number of hydrogen-bond donors (Lipinski definition) is 0. The molecule has 0 saturated carbocycles. The Morgan fingerprint density at radius 3 is 2.34 bits per heavy atom. The fourth-order valence-electron chi connectivity index (χ4n) is 6.06. The molecule has 3 heteroatoms. The summed E-state index contributed by atoms with van der Waals surface area (Å²) in [6.07, 6.45) is -2.04. The molecule has 0 N–H and O–H groups in total. The SMILES string of the molecule is [2H]C([2H])([2H])c1cc(-c2c(C)ccc3c2oc2c(-c4ccc5c(c4)C([2H])([2H])C(C)(C)C5([2H])[2H])c(C#N)ccc23)[n+](C)cc1-c1ccccc1. The van der Waals surface area contributed by atoms with Crippen molar-refractivity contribution in [1.29, 1.82) is 5.26 Å². The van der Waals surface area contributed by atoms with Crippen LogP contribution in [0.3, 0.4) is 0 Å². The summed E-state index contributed by atoms with van der Waals surface area (Å²) in [4.78, 5) is 0. The Balaban J connectivity index is 1.51. The van der Waals surface area contributed by atoms with Crippen LogP contribution in [0.1, 0.15) is 51.3 Å². The summed E-state index contributed by atoms with van der Waals surface area (Å²) >= 11 is 0. The molecule has 0 amide bonds. The van der Waals surface area contributed by atoms with Crippen LogP contribution in [-0.4, -0.2) is 0 Å². The molecule has 4 aromatic carbocycles. The van der Waals surface area contributed by atoms with Gasteiger partial charge in [0.15, 0.2) is 6.20 Å². The number of aromatic nitrogens is 1. The van der Waals surface area contributed by atoms with Gasteiger partial charge in [0.25, 0.3) is 0 Å². The van der Waals surface area contributed by atoms with E-state index >= 15 is 0 Å². The average Bonchev–Trinajstić information content (AvgIpc) is 3.46. The zero-order valence-corrected chi connectivity index (χ0v) is 23.4. The van der Waals surface area contributed by atoms with Gasteiger partial charge >= 0.3 is 0 Å². The third-order valence-electron chi connectivity index (χ3n) is 7.96. The van der Waals surface area contributed by atoms with Gasteiger partial charge in [-0.1, -0.05) is 74.5 Å². The molecule has 1 aliphatic carbocycles. The van der Waals surface area contributed by atoms with E-state index < -0.39 is 25.0 Å². The highest BCUT2D eigenvalue weighted by Gasteiger charge is 2.29. The number of benzene rings is 4. The molecule has 0 radical (unpaired) electrons. The predicted molar refractivity (Wildman–Crippen MR) is 167 cm³/mol. The van der Waals surface area contributed by atoms with Gasteiger partial charge < -0.3 is 4.42 Å². The second kappa shape index (κ2) is 9.18. The number of rotatable bonds is 3.